The van der Waals surface area contributed by atoms with Gasteiger partial charge in [-0.2, -0.15) is 4.31 Å². The number of hydrogen-bond donors (Lipinski definition) is 1. The first-order valence-corrected chi connectivity index (χ1v) is 7.16. The fourth-order valence-electron chi connectivity index (χ4n) is 2.67. The molecule has 0 amide bonds. The molecule has 0 radical (unpaired) electrons. The summed E-state index contributed by atoms with van der Waals surface area (Å²) in [5.41, 5.74) is -0.486. The lowest BCUT2D eigenvalue weighted by Gasteiger charge is -2.45. The Morgan fingerprint density at radius 1 is 1.00 bits per heavy atom. The van der Waals surface area contributed by atoms with Crippen molar-refractivity contribution in [1.29, 1.82) is 0 Å². The third-order valence-electron chi connectivity index (χ3n) is 2.98. The van der Waals surface area contributed by atoms with E-state index in [-0.39, 0.29) is 11.1 Å². The summed E-state index contributed by atoms with van der Waals surface area (Å²) >= 11 is -1.91. The lowest BCUT2D eigenvalue weighted by Crippen LogP contribution is -2.55. The minimum Gasteiger partial charge on any atom is -0.294 e. The summed E-state index contributed by atoms with van der Waals surface area (Å²) in [6.45, 7) is 12.4. The molecule has 1 unspecified atom stereocenters. The zero-order valence-corrected chi connectivity index (χ0v) is 12.4. The molecule has 0 aromatic heterocycles. The lowest BCUT2D eigenvalue weighted by atomic mass is 9.90. The van der Waals surface area contributed by atoms with Gasteiger partial charge in [0.15, 0.2) is 0 Å². The third-order valence-corrected chi connectivity index (χ3v) is 4.28. The lowest BCUT2D eigenvalue weighted by molar-refractivity contribution is 0.0936. The van der Waals surface area contributed by atoms with Crippen LogP contribution in [-0.4, -0.2) is 24.1 Å². The average Bonchev–Trinajstić information content (AvgIpc) is 1.99. The van der Waals surface area contributed by atoms with Crippen LogP contribution in [0, 0.1) is 0 Å². The smallest absolute Gasteiger partial charge is 0.235 e. The summed E-state index contributed by atoms with van der Waals surface area (Å²) in [6.07, 6.45) is 3.88. The van der Waals surface area contributed by atoms with Crippen molar-refractivity contribution in [2.75, 3.05) is 0 Å². The fraction of sp³-hybridized carbons (Fsp3) is 1.00. The monoisotopic (exact) mass is 249 g/mol. The molecule has 1 atom stereocenters. The Hall–Kier alpha value is 0.0700. The van der Waals surface area contributed by atoms with E-state index in [4.69, 9.17) is 0 Å². The summed E-state index contributed by atoms with van der Waals surface area (Å²) in [5.74, 6) is 0. The third kappa shape index (κ3) is 4.15. The summed E-state index contributed by atoms with van der Waals surface area (Å²) < 4.78 is 22.9. The molecule has 98 valence electrons. The van der Waals surface area contributed by atoms with Gasteiger partial charge in [-0.05, 0) is 40.5 Å². The normalized spacial score (nSPS) is 15.5. The molecule has 16 heavy (non-hydrogen) atoms. The Kier molecular flexibility index (Phi) is 6.15. The molecular weight excluding hydrogens is 222 g/mol. The predicted molar refractivity (Wildman–Crippen MR) is 70.6 cm³/mol. The van der Waals surface area contributed by atoms with Gasteiger partial charge >= 0.3 is 0 Å². The van der Waals surface area contributed by atoms with Gasteiger partial charge in [-0.15, -0.1) is 0 Å². The van der Waals surface area contributed by atoms with Crippen molar-refractivity contribution in [3.63, 3.8) is 0 Å². The van der Waals surface area contributed by atoms with Crippen LogP contribution in [0.2, 0.25) is 0 Å². The second kappa shape index (κ2) is 6.12. The molecule has 4 heteroatoms. The number of nitrogens with zero attached hydrogens (tertiary/aromatic N) is 1. The maximum absolute atomic E-state index is 11.6. The molecule has 0 fully saturated rings. The van der Waals surface area contributed by atoms with Gasteiger partial charge in [0, 0.05) is 11.1 Å². The van der Waals surface area contributed by atoms with Crippen molar-refractivity contribution < 1.29 is 8.76 Å². The van der Waals surface area contributed by atoms with E-state index < -0.39 is 11.3 Å². The van der Waals surface area contributed by atoms with E-state index in [2.05, 4.69) is 13.8 Å². The summed E-state index contributed by atoms with van der Waals surface area (Å²) in [4.78, 5) is 0. The maximum Gasteiger partial charge on any atom is 0.235 e. The van der Waals surface area contributed by atoms with Crippen LogP contribution in [0.3, 0.4) is 0 Å². The molecule has 0 bridgehead atoms. The Labute approximate surface area is 103 Å². The molecule has 0 aromatic carbocycles. The van der Waals surface area contributed by atoms with Gasteiger partial charge in [-0.1, -0.05) is 26.7 Å². The minimum atomic E-state index is -1.91. The van der Waals surface area contributed by atoms with Gasteiger partial charge in [0.2, 0.25) is 11.3 Å². The van der Waals surface area contributed by atoms with E-state index in [1.807, 2.05) is 27.7 Å². The molecule has 0 aliphatic rings. The highest BCUT2D eigenvalue weighted by molar-refractivity contribution is 7.76. The Morgan fingerprint density at radius 2 is 1.31 bits per heavy atom. The van der Waals surface area contributed by atoms with E-state index in [1.54, 1.807) is 4.31 Å². The van der Waals surface area contributed by atoms with Crippen molar-refractivity contribution in [2.45, 2.75) is 78.3 Å². The first-order chi connectivity index (χ1) is 7.19. The zero-order valence-electron chi connectivity index (χ0n) is 11.5. The van der Waals surface area contributed by atoms with Crippen LogP contribution >= 0.6 is 0 Å². The second-order valence-electron chi connectivity index (χ2n) is 5.65. The highest BCUT2D eigenvalue weighted by Crippen LogP contribution is 2.32. The van der Waals surface area contributed by atoms with Gasteiger partial charge in [-0.3, -0.25) is 4.55 Å². The minimum absolute atomic E-state index is 0.243. The van der Waals surface area contributed by atoms with Crippen molar-refractivity contribution in [2.24, 2.45) is 0 Å². The molecule has 0 aromatic rings. The fourth-order valence-corrected chi connectivity index (χ4v) is 3.70. The topological polar surface area (TPSA) is 40.5 Å². The molecule has 3 nitrogen and oxygen atoms in total. The molecule has 0 aliphatic heterocycles. The van der Waals surface area contributed by atoms with E-state index in [1.165, 1.54) is 0 Å². The maximum atomic E-state index is 11.6. The van der Waals surface area contributed by atoms with Crippen molar-refractivity contribution in [1.82, 2.24) is 4.31 Å². The van der Waals surface area contributed by atoms with E-state index in [9.17, 15) is 8.76 Å². The van der Waals surface area contributed by atoms with Crippen LogP contribution in [0.15, 0.2) is 0 Å². The standard InChI is InChI=1S/C12H27NO2S/c1-7-9-11(3,4)13(16(14)15)12(5,6)10-8-2/h7-10H2,1-6H3,(H,14,15). The van der Waals surface area contributed by atoms with Crippen LogP contribution < -0.4 is 0 Å². The average molecular weight is 249 g/mol. The van der Waals surface area contributed by atoms with Gasteiger partial charge in [0.25, 0.3) is 0 Å². The molecular formula is C12H27NO2S. The van der Waals surface area contributed by atoms with E-state index in [0.29, 0.717) is 0 Å². The van der Waals surface area contributed by atoms with Gasteiger partial charge in [0.1, 0.15) is 0 Å². The van der Waals surface area contributed by atoms with Gasteiger partial charge < -0.3 is 0 Å². The van der Waals surface area contributed by atoms with Crippen molar-refractivity contribution >= 4 is 11.3 Å². The molecule has 0 saturated heterocycles. The molecule has 0 saturated carbocycles. The SMILES string of the molecule is CCCC(C)(C)N(S(=O)O)C(C)(C)CCC. The van der Waals surface area contributed by atoms with Gasteiger partial charge in [-0.25, -0.2) is 4.21 Å². The zero-order chi connectivity index (χ0) is 13.0. The van der Waals surface area contributed by atoms with E-state index in [0.717, 1.165) is 25.7 Å². The summed E-state index contributed by atoms with van der Waals surface area (Å²) in [5, 5.41) is 0. The van der Waals surface area contributed by atoms with Crippen LogP contribution in [0.25, 0.3) is 0 Å². The molecule has 0 rings (SSSR count). The first-order valence-electron chi connectivity index (χ1n) is 6.10. The predicted octanol–water partition coefficient (Wildman–Crippen LogP) is 3.58. The Balaban J connectivity index is 5.07. The van der Waals surface area contributed by atoms with E-state index >= 15 is 0 Å². The second-order valence-corrected chi connectivity index (χ2v) is 6.48. The first kappa shape index (κ1) is 16.1. The number of hydrogen-bond acceptors (Lipinski definition) is 1. The van der Waals surface area contributed by atoms with Crippen molar-refractivity contribution in [3.05, 3.63) is 0 Å². The highest BCUT2D eigenvalue weighted by Gasteiger charge is 2.40. The number of rotatable bonds is 7. The van der Waals surface area contributed by atoms with Crippen LogP contribution in [0.4, 0.5) is 0 Å². The largest absolute Gasteiger partial charge is 0.294 e. The summed E-state index contributed by atoms with van der Waals surface area (Å²) in [6, 6.07) is 0. The van der Waals surface area contributed by atoms with Crippen molar-refractivity contribution in [3.8, 4) is 0 Å². The van der Waals surface area contributed by atoms with Crippen LogP contribution in [0.1, 0.15) is 67.2 Å². The molecule has 1 N–H and O–H groups in total. The van der Waals surface area contributed by atoms with Crippen LogP contribution in [0.5, 0.6) is 0 Å². The Morgan fingerprint density at radius 3 is 1.50 bits per heavy atom. The Bertz CT molecular complexity index is 221. The highest BCUT2D eigenvalue weighted by atomic mass is 32.2. The summed E-state index contributed by atoms with van der Waals surface area (Å²) in [7, 11) is 0. The molecule has 0 aliphatic carbocycles. The van der Waals surface area contributed by atoms with Crippen LogP contribution in [-0.2, 0) is 11.3 Å². The van der Waals surface area contributed by atoms with Gasteiger partial charge in [0.05, 0.1) is 0 Å². The quantitative estimate of drug-likeness (QED) is 0.701. The molecule has 0 heterocycles. The molecule has 0 spiro atoms.